The van der Waals surface area contributed by atoms with Crippen LogP contribution >= 0.6 is 0 Å². The molecule has 0 aliphatic rings. The molecule has 0 aliphatic heterocycles. The van der Waals surface area contributed by atoms with E-state index in [1.807, 2.05) is 18.2 Å². The fraction of sp³-hybridized carbons (Fsp3) is 0.273. The minimum atomic E-state index is 0.427. The van der Waals surface area contributed by atoms with Crippen LogP contribution in [0.4, 0.5) is 0 Å². The Morgan fingerprint density at radius 1 is 1.21 bits per heavy atom. The second kappa shape index (κ2) is 4.67. The molecule has 0 unspecified atom stereocenters. The van der Waals surface area contributed by atoms with E-state index < -0.39 is 0 Å². The third-order valence-corrected chi connectivity index (χ3v) is 2.01. The van der Waals surface area contributed by atoms with E-state index in [1.165, 1.54) is 0 Å². The van der Waals surface area contributed by atoms with Crippen molar-refractivity contribution in [2.45, 2.75) is 0 Å². The molecular weight excluding hydrogens is 178 g/mol. The van der Waals surface area contributed by atoms with E-state index in [0.717, 1.165) is 22.6 Å². The van der Waals surface area contributed by atoms with Gasteiger partial charge in [0.15, 0.2) is 0 Å². The van der Waals surface area contributed by atoms with Gasteiger partial charge in [-0.25, -0.2) is 0 Å². The molecule has 0 aliphatic carbocycles. The van der Waals surface area contributed by atoms with Crippen molar-refractivity contribution in [3.8, 4) is 11.5 Å². The van der Waals surface area contributed by atoms with Crippen LogP contribution in [0.5, 0.6) is 11.5 Å². The molecule has 0 radical (unpaired) electrons. The number of nitrogens with two attached hydrogens (primary N) is 1. The minimum Gasteiger partial charge on any atom is -0.497 e. The van der Waals surface area contributed by atoms with E-state index >= 15 is 0 Å². The summed E-state index contributed by atoms with van der Waals surface area (Å²) >= 11 is 0. The number of ether oxygens (including phenoxy) is 2. The van der Waals surface area contributed by atoms with Crippen LogP contribution in [-0.2, 0) is 0 Å². The molecule has 0 heterocycles. The van der Waals surface area contributed by atoms with Gasteiger partial charge in [-0.15, -0.1) is 0 Å². The highest BCUT2D eigenvalue weighted by Gasteiger charge is 2.03. The van der Waals surface area contributed by atoms with Gasteiger partial charge < -0.3 is 15.2 Å². The Morgan fingerprint density at radius 3 is 2.07 bits per heavy atom. The van der Waals surface area contributed by atoms with Crippen molar-refractivity contribution in [2.24, 2.45) is 5.73 Å². The van der Waals surface area contributed by atoms with Crippen LogP contribution < -0.4 is 15.2 Å². The van der Waals surface area contributed by atoms with E-state index in [9.17, 15) is 0 Å². The second-order valence-electron chi connectivity index (χ2n) is 2.91. The Labute approximate surface area is 84.1 Å². The van der Waals surface area contributed by atoms with Crippen LogP contribution in [0, 0.1) is 0 Å². The molecule has 1 rings (SSSR count). The first-order chi connectivity index (χ1) is 6.71. The van der Waals surface area contributed by atoms with Gasteiger partial charge in [-0.2, -0.15) is 0 Å². The van der Waals surface area contributed by atoms with Crippen molar-refractivity contribution in [1.82, 2.24) is 0 Å². The van der Waals surface area contributed by atoms with E-state index in [0.29, 0.717) is 6.54 Å². The highest BCUT2D eigenvalue weighted by atomic mass is 16.5. The predicted octanol–water partition coefficient (Wildman–Crippen LogP) is 1.68. The van der Waals surface area contributed by atoms with Crippen LogP contribution in [0.3, 0.4) is 0 Å². The molecule has 0 bridgehead atoms. The van der Waals surface area contributed by atoms with Crippen LogP contribution in [0.1, 0.15) is 5.56 Å². The van der Waals surface area contributed by atoms with Gasteiger partial charge in [0.2, 0.25) is 0 Å². The lowest BCUT2D eigenvalue weighted by Gasteiger charge is -2.09. The van der Waals surface area contributed by atoms with Gasteiger partial charge in [0.1, 0.15) is 11.5 Å². The van der Waals surface area contributed by atoms with Crippen molar-refractivity contribution in [2.75, 3.05) is 20.8 Å². The van der Waals surface area contributed by atoms with Crippen LogP contribution in [0.2, 0.25) is 0 Å². The standard InChI is InChI=1S/C11H15NO2/c1-8(7-12)9-4-10(13-2)6-11(5-9)14-3/h4-6H,1,7,12H2,2-3H3. The molecule has 76 valence electrons. The third kappa shape index (κ3) is 2.26. The average Bonchev–Trinajstić information content (AvgIpc) is 2.27. The molecule has 3 nitrogen and oxygen atoms in total. The summed E-state index contributed by atoms with van der Waals surface area (Å²) in [4.78, 5) is 0. The summed E-state index contributed by atoms with van der Waals surface area (Å²) in [6, 6.07) is 5.59. The van der Waals surface area contributed by atoms with Crippen molar-refractivity contribution in [3.63, 3.8) is 0 Å². The van der Waals surface area contributed by atoms with Gasteiger partial charge in [-0.3, -0.25) is 0 Å². The molecule has 0 saturated heterocycles. The van der Waals surface area contributed by atoms with Crippen molar-refractivity contribution in [3.05, 3.63) is 30.3 Å². The van der Waals surface area contributed by atoms with E-state index in [1.54, 1.807) is 14.2 Å². The summed E-state index contributed by atoms with van der Waals surface area (Å²) in [6.45, 7) is 4.29. The van der Waals surface area contributed by atoms with Crippen LogP contribution in [0.15, 0.2) is 24.8 Å². The minimum absolute atomic E-state index is 0.427. The maximum atomic E-state index is 5.51. The summed E-state index contributed by atoms with van der Waals surface area (Å²) < 4.78 is 10.3. The predicted molar refractivity (Wildman–Crippen MR) is 57.6 cm³/mol. The summed E-state index contributed by atoms with van der Waals surface area (Å²) in [5.74, 6) is 1.49. The average molecular weight is 193 g/mol. The van der Waals surface area contributed by atoms with Gasteiger partial charge in [0.05, 0.1) is 14.2 Å². The van der Waals surface area contributed by atoms with Crippen molar-refractivity contribution >= 4 is 5.57 Å². The Bertz CT molecular complexity index is 312. The Hall–Kier alpha value is -1.48. The topological polar surface area (TPSA) is 44.5 Å². The largest absolute Gasteiger partial charge is 0.497 e. The smallest absolute Gasteiger partial charge is 0.123 e. The fourth-order valence-corrected chi connectivity index (χ4v) is 1.13. The van der Waals surface area contributed by atoms with Crippen LogP contribution in [0.25, 0.3) is 5.57 Å². The maximum absolute atomic E-state index is 5.51. The highest BCUT2D eigenvalue weighted by Crippen LogP contribution is 2.25. The Balaban J connectivity index is 3.10. The zero-order chi connectivity index (χ0) is 10.6. The number of benzene rings is 1. The number of hydrogen-bond donors (Lipinski definition) is 1. The Kier molecular flexibility index (Phi) is 3.54. The van der Waals surface area contributed by atoms with Crippen molar-refractivity contribution < 1.29 is 9.47 Å². The first-order valence-electron chi connectivity index (χ1n) is 4.32. The monoisotopic (exact) mass is 193 g/mol. The van der Waals surface area contributed by atoms with E-state index in [4.69, 9.17) is 15.2 Å². The lowest BCUT2D eigenvalue weighted by Crippen LogP contribution is -2.01. The molecule has 1 aromatic carbocycles. The van der Waals surface area contributed by atoms with Gasteiger partial charge in [-0.05, 0) is 23.3 Å². The zero-order valence-corrected chi connectivity index (χ0v) is 8.54. The fourth-order valence-electron chi connectivity index (χ4n) is 1.13. The molecule has 2 N–H and O–H groups in total. The number of methoxy groups -OCH3 is 2. The quantitative estimate of drug-likeness (QED) is 0.791. The summed E-state index contributed by atoms with van der Waals surface area (Å²) in [5.41, 5.74) is 7.32. The van der Waals surface area contributed by atoms with E-state index in [-0.39, 0.29) is 0 Å². The molecule has 0 amide bonds. The molecule has 14 heavy (non-hydrogen) atoms. The SMILES string of the molecule is C=C(CN)c1cc(OC)cc(OC)c1. The third-order valence-electron chi connectivity index (χ3n) is 2.01. The lowest BCUT2D eigenvalue weighted by atomic mass is 10.1. The molecule has 3 heteroatoms. The first-order valence-corrected chi connectivity index (χ1v) is 4.32. The molecule has 0 spiro atoms. The van der Waals surface area contributed by atoms with Crippen molar-refractivity contribution in [1.29, 1.82) is 0 Å². The number of rotatable bonds is 4. The van der Waals surface area contributed by atoms with Gasteiger partial charge >= 0.3 is 0 Å². The second-order valence-corrected chi connectivity index (χ2v) is 2.91. The first kappa shape index (κ1) is 10.6. The Morgan fingerprint density at radius 2 is 1.71 bits per heavy atom. The van der Waals surface area contributed by atoms with E-state index in [2.05, 4.69) is 6.58 Å². The highest BCUT2D eigenvalue weighted by molar-refractivity contribution is 5.67. The van der Waals surface area contributed by atoms with Crippen LogP contribution in [-0.4, -0.2) is 20.8 Å². The van der Waals surface area contributed by atoms with Gasteiger partial charge in [-0.1, -0.05) is 6.58 Å². The normalized spacial score (nSPS) is 9.64. The number of hydrogen-bond acceptors (Lipinski definition) is 3. The summed E-state index contributed by atoms with van der Waals surface area (Å²) in [7, 11) is 3.23. The molecule has 0 aromatic heterocycles. The molecular formula is C11H15NO2. The van der Waals surface area contributed by atoms with Gasteiger partial charge in [0.25, 0.3) is 0 Å². The molecule has 1 aromatic rings. The maximum Gasteiger partial charge on any atom is 0.123 e. The molecule has 0 atom stereocenters. The summed E-state index contributed by atoms with van der Waals surface area (Å²) in [5, 5.41) is 0. The summed E-state index contributed by atoms with van der Waals surface area (Å²) in [6.07, 6.45) is 0. The lowest BCUT2D eigenvalue weighted by molar-refractivity contribution is 0.394. The molecule has 0 saturated carbocycles. The zero-order valence-electron chi connectivity index (χ0n) is 8.54. The van der Waals surface area contributed by atoms with Gasteiger partial charge in [0, 0.05) is 12.6 Å². The molecule has 0 fully saturated rings.